The minimum atomic E-state index is -0.478. The van der Waals surface area contributed by atoms with Gasteiger partial charge in [-0.3, -0.25) is 4.79 Å². The first-order chi connectivity index (χ1) is 12.9. The summed E-state index contributed by atoms with van der Waals surface area (Å²) in [5.41, 5.74) is 3.67. The maximum atomic E-state index is 14.6. The fraction of sp³-hybridized carbons (Fsp3) is 0.158. The molecule has 1 aromatic carbocycles. The number of aromatic nitrogens is 5. The van der Waals surface area contributed by atoms with Crippen LogP contribution in [0.1, 0.15) is 27.4 Å². The standard InChI is InChI=1S/C19H17FN6O/c1-11-9-12(2)26(23-11)16-6-5-14(10-15(16)20)22-19(27)17-13(3)24-25-8-4-7-21-18(17)25/h4-10H,1-3H3,(H,22,27). The SMILES string of the molecule is Cc1cc(C)n(-c2ccc(NC(=O)c3c(C)nn4cccnc34)cc2F)n1. The molecule has 0 saturated heterocycles. The molecule has 0 bridgehead atoms. The van der Waals surface area contributed by atoms with Crippen molar-refractivity contribution in [3.8, 4) is 5.69 Å². The maximum Gasteiger partial charge on any atom is 0.261 e. The average Bonchev–Trinajstić information content (AvgIpc) is 3.12. The Labute approximate surface area is 154 Å². The smallest absolute Gasteiger partial charge is 0.261 e. The third-order valence-corrected chi connectivity index (χ3v) is 4.24. The number of anilines is 1. The number of carbonyl (C=O) groups is 1. The third-order valence-electron chi connectivity index (χ3n) is 4.24. The Balaban J connectivity index is 1.65. The van der Waals surface area contributed by atoms with E-state index in [-0.39, 0.29) is 5.91 Å². The number of carbonyl (C=O) groups excluding carboxylic acids is 1. The topological polar surface area (TPSA) is 77.1 Å². The molecule has 1 amide bonds. The Bertz CT molecular complexity index is 1180. The summed E-state index contributed by atoms with van der Waals surface area (Å²) in [6, 6.07) is 8.11. The summed E-state index contributed by atoms with van der Waals surface area (Å²) >= 11 is 0. The van der Waals surface area contributed by atoms with E-state index in [0.29, 0.717) is 28.3 Å². The Kier molecular flexibility index (Phi) is 3.95. The number of benzene rings is 1. The van der Waals surface area contributed by atoms with Gasteiger partial charge in [0.25, 0.3) is 5.91 Å². The summed E-state index contributed by atoms with van der Waals surface area (Å²) in [6.07, 6.45) is 3.31. The lowest BCUT2D eigenvalue weighted by atomic mass is 10.2. The summed E-state index contributed by atoms with van der Waals surface area (Å²) in [5, 5.41) is 11.3. The number of rotatable bonds is 3. The number of aryl methyl sites for hydroxylation is 3. The van der Waals surface area contributed by atoms with Gasteiger partial charge in [-0.2, -0.15) is 10.2 Å². The van der Waals surface area contributed by atoms with Crippen molar-refractivity contribution >= 4 is 17.2 Å². The van der Waals surface area contributed by atoms with Gasteiger partial charge in [0.15, 0.2) is 11.5 Å². The fourth-order valence-electron chi connectivity index (χ4n) is 3.09. The van der Waals surface area contributed by atoms with Crippen molar-refractivity contribution in [3.05, 3.63) is 71.2 Å². The number of nitrogens with zero attached hydrogens (tertiary/aromatic N) is 5. The van der Waals surface area contributed by atoms with Crippen LogP contribution in [0.4, 0.5) is 10.1 Å². The lowest BCUT2D eigenvalue weighted by Gasteiger charge is -2.09. The first-order valence-electron chi connectivity index (χ1n) is 8.38. The van der Waals surface area contributed by atoms with Crippen molar-refractivity contribution < 1.29 is 9.18 Å². The first kappa shape index (κ1) is 16.9. The molecule has 0 fully saturated rings. The molecule has 0 atom stereocenters. The predicted molar refractivity (Wildman–Crippen MR) is 98.7 cm³/mol. The Hall–Kier alpha value is -3.55. The van der Waals surface area contributed by atoms with E-state index in [0.717, 1.165) is 11.4 Å². The number of fused-ring (bicyclic) bond motifs is 1. The van der Waals surface area contributed by atoms with Gasteiger partial charge in [0.05, 0.1) is 11.4 Å². The highest BCUT2D eigenvalue weighted by atomic mass is 19.1. The second kappa shape index (κ2) is 6.31. The molecule has 3 aromatic heterocycles. The Morgan fingerprint density at radius 2 is 1.96 bits per heavy atom. The van der Waals surface area contributed by atoms with E-state index >= 15 is 0 Å². The van der Waals surface area contributed by atoms with E-state index in [2.05, 4.69) is 20.5 Å². The normalized spacial score (nSPS) is 11.1. The van der Waals surface area contributed by atoms with Crippen LogP contribution >= 0.6 is 0 Å². The molecule has 0 unspecified atom stereocenters. The van der Waals surface area contributed by atoms with E-state index in [4.69, 9.17) is 0 Å². The molecule has 0 aliphatic carbocycles. The lowest BCUT2D eigenvalue weighted by molar-refractivity contribution is 0.102. The van der Waals surface area contributed by atoms with Gasteiger partial charge in [-0.1, -0.05) is 0 Å². The molecule has 1 N–H and O–H groups in total. The summed E-state index contributed by atoms with van der Waals surface area (Å²) in [5.74, 6) is -0.867. The largest absolute Gasteiger partial charge is 0.322 e. The predicted octanol–water partition coefficient (Wildman–Crippen LogP) is 3.23. The zero-order valence-corrected chi connectivity index (χ0v) is 15.1. The molecule has 0 saturated carbocycles. The fourth-order valence-corrected chi connectivity index (χ4v) is 3.09. The average molecular weight is 364 g/mol. The molecule has 0 aliphatic rings. The number of nitrogens with one attached hydrogen (secondary N) is 1. The van der Waals surface area contributed by atoms with Crippen molar-refractivity contribution in [2.75, 3.05) is 5.32 Å². The van der Waals surface area contributed by atoms with Crippen LogP contribution in [0.2, 0.25) is 0 Å². The van der Waals surface area contributed by atoms with Crippen LogP contribution in [0, 0.1) is 26.6 Å². The molecule has 0 radical (unpaired) electrons. The zero-order chi connectivity index (χ0) is 19.1. The van der Waals surface area contributed by atoms with Crippen LogP contribution in [0.3, 0.4) is 0 Å². The minimum absolute atomic E-state index is 0.326. The molecule has 4 rings (SSSR count). The second-order valence-corrected chi connectivity index (χ2v) is 6.31. The lowest BCUT2D eigenvalue weighted by Crippen LogP contribution is -2.14. The van der Waals surface area contributed by atoms with E-state index < -0.39 is 5.82 Å². The highest BCUT2D eigenvalue weighted by Gasteiger charge is 2.19. The van der Waals surface area contributed by atoms with Crippen LogP contribution in [0.15, 0.2) is 42.7 Å². The molecule has 136 valence electrons. The molecule has 8 heteroatoms. The van der Waals surface area contributed by atoms with Gasteiger partial charge in [-0.05, 0) is 51.1 Å². The van der Waals surface area contributed by atoms with Crippen molar-refractivity contribution in [2.24, 2.45) is 0 Å². The molecular weight excluding hydrogens is 347 g/mol. The van der Waals surface area contributed by atoms with Crippen molar-refractivity contribution in [3.63, 3.8) is 0 Å². The van der Waals surface area contributed by atoms with Gasteiger partial charge >= 0.3 is 0 Å². The van der Waals surface area contributed by atoms with E-state index in [1.54, 1.807) is 37.5 Å². The van der Waals surface area contributed by atoms with Crippen molar-refractivity contribution in [1.29, 1.82) is 0 Å². The molecule has 0 spiro atoms. The van der Waals surface area contributed by atoms with Crippen LogP contribution < -0.4 is 5.32 Å². The highest BCUT2D eigenvalue weighted by Crippen LogP contribution is 2.21. The van der Waals surface area contributed by atoms with Gasteiger partial charge in [-0.25, -0.2) is 18.6 Å². The number of halogens is 1. The minimum Gasteiger partial charge on any atom is -0.322 e. The maximum absolute atomic E-state index is 14.6. The number of hydrogen-bond donors (Lipinski definition) is 1. The summed E-state index contributed by atoms with van der Waals surface area (Å²) in [7, 11) is 0. The van der Waals surface area contributed by atoms with Crippen molar-refractivity contribution in [1.82, 2.24) is 24.4 Å². The third kappa shape index (κ3) is 2.95. The zero-order valence-electron chi connectivity index (χ0n) is 15.1. The molecule has 27 heavy (non-hydrogen) atoms. The summed E-state index contributed by atoms with van der Waals surface area (Å²) in [6.45, 7) is 5.44. The Morgan fingerprint density at radius 1 is 1.15 bits per heavy atom. The quantitative estimate of drug-likeness (QED) is 0.605. The molecule has 7 nitrogen and oxygen atoms in total. The van der Waals surface area contributed by atoms with Crippen LogP contribution in [-0.4, -0.2) is 30.3 Å². The van der Waals surface area contributed by atoms with Gasteiger partial charge < -0.3 is 5.32 Å². The monoisotopic (exact) mass is 364 g/mol. The second-order valence-electron chi connectivity index (χ2n) is 6.31. The van der Waals surface area contributed by atoms with Crippen LogP contribution in [-0.2, 0) is 0 Å². The Morgan fingerprint density at radius 3 is 2.67 bits per heavy atom. The van der Waals surface area contributed by atoms with Gasteiger partial charge in [0.1, 0.15) is 11.3 Å². The van der Waals surface area contributed by atoms with E-state index in [1.807, 2.05) is 19.9 Å². The molecular formula is C19H17FN6O. The molecule has 4 aromatic rings. The summed E-state index contributed by atoms with van der Waals surface area (Å²) in [4.78, 5) is 16.9. The number of amides is 1. The highest BCUT2D eigenvalue weighted by molar-refractivity contribution is 6.09. The van der Waals surface area contributed by atoms with Gasteiger partial charge in [-0.15, -0.1) is 0 Å². The van der Waals surface area contributed by atoms with Crippen molar-refractivity contribution in [2.45, 2.75) is 20.8 Å². The van der Waals surface area contributed by atoms with Crippen LogP contribution in [0.5, 0.6) is 0 Å². The molecule has 0 aliphatic heterocycles. The van der Waals surface area contributed by atoms with E-state index in [9.17, 15) is 9.18 Å². The molecule has 3 heterocycles. The van der Waals surface area contributed by atoms with Gasteiger partial charge in [0.2, 0.25) is 0 Å². The number of hydrogen-bond acceptors (Lipinski definition) is 4. The van der Waals surface area contributed by atoms with E-state index in [1.165, 1.54) is 15.3 Å². The van der Waals surface area contributed by atoms with Gasteiger partial charge in [0, 0.05) is 23.8 Å². The first-order valence-corrected chi connectivity index (χ1v) is 8.38. The summed E-state index contributed by atoms with van der Waals surface area (Å²) < 4.78 is 17.7. The van der Waals surface area contributed by atoms with Crippen LogP contribution in [0.25, 0.3) is 11.3 Å².